The monoisotopic (exact) mass is 305 g/mol. The van der Waals surface area contributed by atoms with Crippen LogP contribution in [0.4, 0.5) is 0 Å². The average Bonchev–Trinajstić information content (AvgIpc) is 2.86. The van der Waals surface area contributed by atoms with E-state index in [4.69, 9.17) is 5.11 Å². The van der Waals surface area contributed by atoms with Crippen molar-refractivity contribution in [1.29, 1.82) is 0 Å². The predicted octanol–water partition coefficient (Wildman–Crippen LogP) is 2.21. The van der Waals surface area contributed by atoms with E-state index >= 15 is 0 Å². The topological polar surface area (TPSA) is 92.2 Å². The molecule has 1 amide bonds. The maximum atomic E-state index is 12.2. The van der Waals surface area contributed by atoms with Gasteiger partial charge in [0.1, 0.15) is 16.4 Å². The number of pyridine rings is 1. The van der Waals surface area contributed by atoms with E-state index in [1.54, 1.807) is 0 Å². The van der Waals surface area contributed by atoms with E-state index in [1.165, 1.54) is 29.5 Å². The number of aromatic carboxylic acids is 1. The van der Waals surface area contributed by atoms with Gasteiger partial charge in [-0.25, -0.2) is 14.8 Å². The minimum atomic E-state index is -1.17. The maximum Gasteiger partial charge on any atom is 0.354 e. The Bertz CT molecular complexity index is 694. The lowest BCUT2D eigenvalue weighted by Crippen LogP contribution is -2.41. The van der Waals surface area contributed by atoms with E-state index < -0.39 is 17.4 Å². The first-order valence-electron chi connectivity index (χ1n) is 6.25. The molecule has 21 heavy (non-hydrogen) atoms. The molecule has 2 aromatic rings. The Labute approximate surface area is 125 Å². The number of carbonyl (C=O) groups is 2. The fraction of sp³-hybridized carbons (Fsp3) is 0.286. The summed E-state index contributed by atoms with van der Waals surface area (Å²) in [6, 6.07) is 4.31. The molecule has 0 saturated heterocycles. The third-order valence-corrected chi connectivity index (χ3v) is 4.06. The second-order valence-electron chi connectivity index (χ2n) is 5.09. The van der Waals surface area contributed by atoms with Gasteiger partial charge < -0.3 is 10.4 Å². The quantitative estimate of drug-likeness (QED) is 0.903. The summed E-state index contributed by atoms with van der Waals surface area (Å²) in [6.45, 7) is 5.56. The van der Waals surface area contributed by atoms with Gasteiger partial charge in [0.05, 0.1) is 5.54 Å². The molecule has 0 bridgehead atoms. The Morgan fingerprint density at radius 1 is 1.24 bits per heavy atom. The molecule has 0 radical (unpaired) electrons. The van der Waals surface area contributed by atoms with E-state index in [1.807, 2.05) is 26.2 Å². The molecular weight excluding hydrogens is 290 g/mol. The van der Waals surface area contributed by atoms with Gasteiger partial charge in [0, 0.05) is 11.1 Å². The van der Waals surface area contributed by atoms with E-state index in [9.17, 15) is 9.59 Å². The van der Waals surface area contributed by atoms with Crippen LogP contribution >= 0.6 is 11.3 Å². The number of aromatic nitrogens is 2. The first-order chi connectivity index (χ1) is 9.79. The van der Waals surface area contributed by atoms with Crippen LogP contribution in [0.3, 0.4) is 0 Å². The number of hydrogen-bond acceptors (Lipinski definition) is 5. The minimum absolute atomic E-state index is 0.0660. The zero-order valence-corrected chi connectivity index (χ0v) is 12.7. The molecule has 0 aliphatic heterocycles. The van der Waals surface area contributed by atoms with Crippen LogP contribution in [-0.4, -0.2) is 27.0 Å². The van der Waals surface area contributed by atoms with Crippen molar-refractivity contribution in [3.05, 3.63) is 45.7 Å². The maximum absolute atomic E-state index is 12.2. The number of carboxylic acid groups (broad SMARTS) is 1. The summed E-state index contributed by atoms with van der Waals surface area (Å²) in [5.41, 5.74) is 0.141. The molecule has 0 aromatic carbocycles. The van der Waals surface area contributed by atoms with Gasteiger partial charge in [0.15, 0.2) is 0 Å². The number of nitrogens with zero attached hydrogens (tertiary/aromatic N) is 2. The number of amides is 1. The van der Waals surface area contributed by atoms with Crippen LogP contribution < -0.4 is 5.32 Å². The van der Waals surface area contributed by atoms with Gasteiger partial charge >= 0.3 is 5.97 Å². The fourth-order valence-electron chi connectivity index (χ4n) is 1.72. The second kappa shape index (κ2) is 5.61. The number of carbonyl (C=O) groups excluding carboxylic acids is 1. The van der Waals surface area contributed by atoms with Crippen LogP contribution in [0.25, 0.3) is 0 Å². The van der Waals surface area contributed by atoms with Crippen molar-refractivity contribution in [2.75, 3.05) is 0 Å². The van der Waals surface area contributed by atoms with Crippen LogP contribution in [0.5, 0.6) is 0 Å². The van der Waals surface area contributed by atoms with E-state index in [2.05, 4.69) is 15.3 Å². The number of aryl methyl sites for hydroxylation is 1. The van der Waals surface area contributed by atoms with Crippen molar-refractivity contribution in [2.45, 2.75) is 26.3 Å². The lowest BCUT2D eigenvalue weighted by molar-refractivity contribution is 0.0690. The summed E-state index contributed by atoms with van der Waals surface area (Å²) in [6.07, 6.45) is 0. The molecule has 0 spiro atoms. The molecular formula is C14H15N3O3S. The number of carboxylic acids is 1. The summed E-state index contributed by atoms with van der Waals surface area (Å²) in [4.78, 5) is 31.3. The first kappa shape index (κ1) is 15.1. The average molecular weight is 305 g/mol. The summed E-state index contributed by atoms with van der Waals surface area (Å²) in [5, 5.41) is 14.4. The van der Waals surface area contributed by atoms with Gasteiger partial charge in [-0.1, -0.05) is 6.07 Å². The molecule has 7 heteroatoms. The zero-order valence-electron chi connectivity index (χ0n) is 11.9. The molecule has 0 atom stereocenters. The Balaban J connectivity index is 2.21. The highest BCUT2D eigenvalue weighted by molar-refractivity contribution is 7.09. The van der Waals surface area contributed by atoms with Crippen molar-refractivity contribution >= 4 is 23.2 Å². The summed E-state index contributed by atoms with van der Waals surface area (Å²) < 4.78 is 0. The largest absolute Gasteiger partial charge is 0.477 e. The molecule has 0 unspecified atom stereocenters. The highest BCUT2D eigenvalue weighted by atomic mass is 32.1. The SMILES string of the molecule is Cc1csc(C(C)(C)NC(=O)c2cccc(C(=O)O)n2)n1. The lowest BCUT2D eigenvalue weighted by atomic mass is 10.1. The Morgan fingerprint density at radius 2 is 1.90 bits per heavy atom. The Morgan fingerprint density at radius 3 is 2.48 bits per heavy atom. The number of thiazole rings is 1. The van der Waals surface area contributed by atoms with Crippen molar-refractivity contribution < 1.29 is 14.7 Å². The smallest absolute Gasteiger partial charge is 0.354 e. The molecule has 6 nitrogen and oxygen atoms in total. The van der Waals surface area contributed by atoms with E-state index in [-0.39, 0.29) is 11.4 Å². The van der Waals surface area contributed by atoms with Crippen molar-refractivity contribution in [3.8, 4) is 0 Å². The second-order valence-corrected chi connectivity index (χ2v) is 5.94. The van der Waals surface area contributed by atoms with Gasteiger partial charge in [-0.05, 0) is 32.9 Å². The third kappa shape index (κ3) is 3.43. The molecule has 2 N–H and O–H groups in total. The van der Waals surface area contributed by atoms with Crippen LogP contribution in [0.1, 0.15) is 45.5 Å². The standard InChI is InChI=1S/C14H15N3O3S/c1-8-7-21-13(15-8)14(2,3)17-11(18)9-5-4-6-10(16-9)12(19)20/h4-7H,1-3H3,(H,17,18)(H,19,20). The van der Waals surface area contributed by atoms with Crippen molar-refractivity contribution in [3.63, 3.8) is 0 Å². The van der Waals surface area contributed by atoms with Crippen LogP contribution in [0, 0.1) is 6.92 Å². The summed E-state index contributed by atoms with van der Waals surface area (Å²) in [7, 11) is 0. The molecule has 0 aliphatic carbocycles. The fourth-order valence-corrected chi connectivity index (χ4v) is 2.60. The molecule has 2 rings (SSSR count). The minimum Gasteiger partial charge on any atom is -0.477 e. The molecule has 2 heterocycles. The van der Waals surface area contributed by atoms with E-state index in [0.29, 0.717) is 0 Å². The number of nitrogens with one attached hydrogen (secondary N) is 1. The predicted molar refractivity (Wildman–Crippen MR) is 78.5 cm³/mol. The normalized spacial score (nSPS) is 11.2. The number of hydrogen-bond donors (Lipinski definition) is 2. The lowest BCUT2D eigenvalue weighted by Gasteiger charge is -2.23. The molecule has 0 aliphatic rings. The van der Waals surface area contributed by atoms with Crippen molar-refractivity contribution in [1.82, 2.24) is 15.3 Å². The van der Waals surface area contributed by atoms with Gasteiger partial charge in [-0.3, -0.25) is 4.79 Å². The Kier molecular flexibility index (Phi) is 4.04. The van der Waals surface area contributed by atoms with Gasteiger partial charge in [-0.2, -0.15) is 0 Å². The van der Waals surface area contributed by atoms with Gasteiger partial charge in [-0.15, -0.1) is 11.3 Å². The first-order valence-corrected chi connectivity index (χ1v) is 7.13. The summed E-state index contributed by atoms with van der Waals surface area (Å²) >= 11 is 1.46. The highest BCUT2D eigenvalue weighted by Gasteiger charge is 2.27. The molecule has 0 fully saturated rings. The summed E-state index contributed by atoms with van der Waals surface area (Å²) in [5.74, 6) is -1.60. The number of rotatable bonds is 4. The molecule has 2 aromatic heterocycles. The van der Waals surface area contributed by atoms with E-state index in [0.717, 1.165) is 10.7 Å². The molecule has 110 valence electrons. The highest BCUT2D eigenvalue weighted by Crippen LogP contribution is 2.24. The Hall–Kier alpha value is -2.28. The van der Waals surface area contributed by atoms with Crippen molar-refractivity contribution in [2.24, 2.45) is 0 Å². The third-order valence-electron chi connectivity index (χ3n) is 2.78. The van der Waals surface area contributed by atoms with Gasteiger partial charge in [0.25, 0.3) is 5.91 Å². The van der Waals surface area contributed by atoms with Crippen LogP contribution in [0.2, 0.25) is 0 Å². The molecule has 0 saturated carbocycles. The van der Waals surface area contributed by atoms with Crippen LogP contribution in [-0.2, 0) is 5.54 Å². The van der Waals surface area contributed by atoms with Crippen LogP contribution in [0.15, 0.2) is 23.6 Å². The van der Waals surface area contributed by atoms with Gasteiger partial charge in [0.2, 0.25) is 0 Å². The zero-order chi connectivity index (χ0) is 15.6.